The Morgan fingerprint density at radius 1 is 1.64 bits per heavy atom. The van der Waals surface area contributed by atoms with E-state index >= 15 is 0 Å². The van der Waals surface area contributed by atoms with Gasteiger partial charge in [0.25, 0.3) is 0 Å². The maximum Gasteiger partial charge on any atom is 0.320 e. The van der Waals surface area contributed by atoms with Gasteiger partial charge in [-0.05, 0) is 34.5 Å². The number of halogens is 1. The molecule has 0 aromatic carbocycles. The number of carboxylic acids is 1. The van der Waals surface area contributed by atoms with Gasteiger partial charge in [0.1, 0.15) is 11.8 Å². The molecule has 0 amide bonds. The van der Waals surface area contributed by atoms with Crippen LogP contribution < -0.4 is 5.32 Å². The van der Waals surface area contributed by atoms with Crippen molar-refractivity contribution in [1.29, 1.82) is 0 Å². The average molecular weight is 260 g/mol. The van der Waals surface area contributed by atoms with Crippen molar-refractivity contribution >= 4 is 21.9 Å². The molecule has 4 nitrogen and oxygen atoms in total. The van der Waals surface area contributed by atoms with E-state index in [0.29, 0.717) is 17.6 Å². The lowest BCUT2D eigenvalue weighted by molar-refractivity contribution is -0.139. The fourth-order valence-corrected chi connectivity index (χ4v) is 2.01. The molecule has 76 valence electrons. The van der Waals surface area contributed by atoms with Crippen LogP contribution >= 0.6 is 15.9 Å². The van der Waals surface area contributed by atoms with E-state index in [1.54, 1.807) is 0 Å². The number of hydrogen-bond acceptors (Lipinski definition) is 3. The number of furan rings is 1. The quantitative estimate of drug-likeness (QED) is 0.847. The molecule has 0 radical (unpaired) electrons. The monoisotopic (exact) mass is 259 g/mol. The third kappa shape index (κ3) is 1.83. The molecule has 1 saturated heterocycles. The van der Waals surface area contributed by atoms with E-state index in [0.717, 1.165) is 5.76 Å². The summed E-state index contributed by atoms with van der Waals surface area (Å²) in [4.78, 5) is 10.7. The summed E-state index contributed by atoms with van der Waals surface area (Å²) in [7, 11) is 0. The number of nitrogens with one attached hydrogen (secondary N) is 1. The number of aliphatic carboxylic acids is 1. The van der Waals surface area contributed by atoms with E-state index in [1.807, 2.05) is 12.1 Å². The fourth-order valence-electron chi connectivity index (χ4n) is 1.69. The third-order valence-electron chi connectivity index (χ3n) is 2.43. The van der Waals surface area contributed by atoms with E-state index in [4.69, 9.17) is 9.52 Å². The molecule has 0 saturated carbocycles. The minimum Gasteiger partial charge on any atom is -0.480 e. The molecule has 0 spiro atoms. The van der Waals surface area contributed by atoms with Crippen molar-refractivity contribution in [1.82, 2.24) is 5.32 Å². The first-order valence-corrected chi connectivity index (χ1v) is 5.17. The van der Waals surface area contributed by atoms with E-state index < -0.39 is 12.0 Å². The summed E-state index contributed by atoms with van der Waals surface area (Å²) in [5.41, 5.74) is 0. The summed E-state index contributed by atoms with van der Waals surface area (Å²) in [6.07, 6.45) is 0.593. The lowest BCUT2D eigenvalue weighted by Gasteiger charge is -2.03. The predicted molar refractivity (Wildman–Crippen MR) is 53.2 cm³/mol. The SMILES string of the molecule is O=C(O)C1CC(c2ccc(Br)o2)CN1. The highest BCUT2D eigenvalue weighted by molar-refractivity contribution is 9.10. The molecule has 2 N–H and O–H groups in total. The molecule has 5 heteroatoms. The molecule has 1 aromatic rings. The van der Waals surface area contributed by atoms with Gasteiger partial charge >= 0.3 is 5.97 Å². The van der Waals surface area contributed by atoms with Crippen LogP contribution in [0.5, 0.6) is 0 Å². The summed E-state index contributed by atoms with van der Waals surface area (Å²) in [6.45, 7) is 0.664. The van der Waals surface area contributed by atoms with Crippen LogP contribution in [0.25, 0.3) is 0 Å². The lowest BCUT2D eigenvalue weighted by Crippen LogP contribution is -2.29. The molecule has 0 aliphatic carbocycles. The van der Waals surface area contributed by atoms with Crippen LogP contribution in [-0.4, -0.2) is 23.7 Å². The Balaban J connectivity index is 2.05. The number of rotatable bonds is 2. The zero-order valence-corrected chi connectivity index (χ0v) is 8.95. The van der Waals surface area contributed by atoms with Crippen molar-refractivity contribution in [2.45, 2.75) is 18.4 Å². The van der Waals surface area contributed by atoms with Gasteiger partial charge in [-0.2, -0.15) is 0 Å². The summed E-state index contributed by atoms with van der Waals surface area (Å²) < 4.78 is 6.07. The predicted octanol–water partition coefficient (Wildman–Crippen LogP) is 1.57. The van der Waals surface area contributed by atoms with Crippen LogP contribution in [0, 0.1) is 0 Å². The van der Waals surface area contributed by atoms with Crippen molar-refractivity contribution in [3.05, 3.63) is 22.6 Å². The normalized spacial score (nSPS) is 26.6. The smallest absolute Gasteiger partial charge is 0.320 e. The number of carboxylic acid groups (broad SMARTS) is 1. The van der Waals surface area contributed by atoms with Crippen molar-refractivity contribution in [3.63, 3.8) is 0 Å². The van der Waals surface area contributed by atoms with Gasteiger partial charge in [0, 0.05) is 12.5 Å². The molecule has 1 aliphatic rings. The van der Waals surface area contributed by atoms with Gasteiger partial charge in [-0.15, -0.1) is 0 Å². The van der Waals surface area contributed by atoms with Crippen LogP contribution in [0.1, 0.15) is 18.1 Å². The minimum absolute atomic E-state index is 0.169. The van der Waals surface area contributed by atoms with E-state index in [-0.39, 0.29) is 5.92 Å². The van der Waals surface area contributed by atoms with E-state index in [2.05, 4.69) is 21.2 Å². The molecule has 14 heavy (non-hydrogen) atoms. The standard InChI is InChI=1S/C9H10BrNO3/c10-8-2-1-7(14-8)5-3-6(9(12)13)11-4-5/h1-2,5-6,11H,3-4H2,(H,12,13). The van der Waals surface area contributed by atoms with Crippen molar-refractivity contribution in [2.24, 2.45) is 0 Å². The van der Waals surface area contributed by atoms with Gasteiger partial charge in [-0.25, -0.2) is 0 Å². The molecular weight excluding hydrogens is 250 g/mol. The molecule has 2 heterocycles. The van der Waals surface area contributed by atoms with Crippen molar-refractivity contribution in [2.75, 3.05) is 6.54 Å². The van der Waals surface area contributed by atoms with E-state index in [1.165, 1.54) is 0 Å². The van der Waals surface area contributed by atoms with Crippen LogP contribution in [0.4, 0.5) is 0 Å². The highest BCUT2D eigenvalue weighted by Crippen LogP contribution is 2.28. The Morgan fingerprint density at radius 3 is 2.93 bits per heavy atom. The minimum atomic E-state index is -0.793. The first-order chi connectivity index (χ1) is 6.66. The van der Waals surface area contributed by atoms with Crippen LogP contribution in [0.15, 0.2) is 21.2 Å². The van der Waals surface area contributed by atoms with Gasteiger partial charge in [0.2, 0.25) is 0 Å². The van der Waals surface area contributed by atoms with Gasteiger partial charge in [0.15, 0.2) is 4.67 Å². The van der Waals surface area contributed by atoms with E-state index in [9.17, 15) is 4.79 Å². The molecule has 1 aromatic heterocycles. The molecule has 1 fully saturated rings. The Hall–Kier alpha value is -0.810. The van der Waals surface area contributed by atoms with Crippen molar-refractivity contribution in [3.8, 4) is 0 Å². The average Bonchev–Trinajstić information content (AvgIpc) is 2.70. The molecular formula is C9H10BrNO3. The molecule has 2 rings (SSSR count). The van der Waals surface area contributed by atoms with Crippen LogP contribution in [0.3, 0.4) is 0 Å². The highest BCUT2D eigenvalue weighted by atomic mass is 79.9. The summed E-state index contributed by atoms with van der Waals surface area (Å²) in [5.74, 6) is 0.216. The number of carbonyl (C=O) groups is 1. The Morgan fingerprint density at radius 2 is 2.43 bits per heavy atom. The zero-order chi connectivity index (χ0) is 10.1. The Bertz CT molecular complexity index is 350. The Kier molecular flexibility index (Phi) is 2.60. The van der Waals surface area contributed by atoms with Gasteiger partial charge < -0.3 is 14.8 Å². The summed E-state index contributed by atoms with van der Waals surface area (Å²) in [5, 5.41) is 11.7. The highest BCUT2D eigenvalue weighted by Gasteiger charge is 2.31. The largest absolute Gasteiger partial charge is 0.480 e. The molecule has 2 unspecified atom stereocenters. The first-order valence-electron chi connectivity index (χ1n) is 4.38. The molecule has 1 aliphatic heterocycles. The summed E-state index contributed by atoms with van der Waals surface area (Å²) >= 11 is 3.22. The number of hydrogen-bond donors (Lipinski definition) is 2. The zero-order valence-electron chi connectivity index (χ0n) is 7.37. The van der Waals surface area contributed by atoms with Gasteiger partial charge in [-0.1, -0.05) is 0 Å². The second-order valence-electron chi connectivity index (χ2n) is 3.37. The first kappa shape index (κ1) is 9.73. The maximum atomic E-state index is 10.7. The topological polar surface area (TPSA) is 62.5 Å². The van der Waals surface area contributed by atoms with Crippen LogP contribution in [0.2, 0.25) is 0 Å². The maximum absolute atomic E-state index is 10.7. The van der Waals surface area contributed by atoms with Gasteiger partial charge in [-0.3, -0.25) is 4.79 Å². The fraction of sp³-hybridized carbons (Fsp3) is 0.444. The lowest BCUT2D eigenvalue weighted by atomic mass is 10.0. The van der Waals surface area contributed by atoms with Crippen LogP contribution in [-0.2, 0) is 4.79 Å². The molecule has 2 atom stereocenters. The third-order valence-corrected chi connectivity index (χ3v) is 2.85. The second-order valence-corrected chi connectivity index (χ2v) is 4.16. The van der Waals surface area contributed by atoms with Gasteiger partial charge in [0.05, 0.1) is 0 Å². The summed E-state index contributed by atoms with van der Waals surface area (Å²) in [6, 6.07) is 3.26. The second kappa shape index (κ2) is 3.74. The Labute approximate surface area is 89.4 Å². The van der Waals surface area contributed by atoms with Crippen molar-refractivity contribution < 1.29 is 14.3 Å². The molecule has 0 bridgehead atoms.